The van der Waals surface area contributed by atoms with E-state index in [0.717, 1.165) is 77.0 Å². The lowest BCUT2D eigenvalue weighted by Crippen LogP contribution is -2.37. The number of phosphoric acid groups is 1. The van der Waals surface area contributed by atoms with Crippen molar-refractivity contribution in [1.29, 1.82) is 0 Å². The Hall–Kier alpha value is -3.37. The van der Waals surface area contributed by atoms with Crippen molar-refractivity contribution in [3.05, 3.63) is 109 Å². The third-order valence-corrected chi connectivity index (χ3v) is 10.6. The average Bonchev–Trinajstić information content (AvgIpc) is 3.24. The monoisotopic (exact) mass is 914 g/mol. The van der Waals surface area contributed by atoms with E-state index in [4.69, 9.17) is 18.5 Å². The molecule has 0 aliphatic carbocycles. The zero-order chi connectivity index (χ0) is 47.3. The minimum atomic E-state index is -4.69. The summed E-state index contributed by atoms with van der Waals surface area (Å²) in [6.07, 6.45) is 55.8. The van der Waals surface area contributed by atoms with Gasteiger partial charge in [-0.1, -0.05) is 168 Å². The van der Waals surface area contributed by atoms with Gasteiger partial charge in [0.05, 0.1) is 33.9 Å². The molecule has 364 valence electrons. The van der Waals surface area contributed by atoms with Crippen LogP contribution < -0.4 is 4.89 Å². The summed E-state index contributed by atoms with van der Waals surface area (Å²) in [4.78, 5) is 37.7. The molecule has 0 saturated carbocycles. The second-order valence-electron chi connectivity index (χ2n) is 16.9. The zero-order valence-corrected chi connectivity index (χ0v) is 41.4. The molecule has 10 nitrogen and oxygen atoms in total. The predicted molar refractivity (Wildman–Crippen MR) is 264 cm³/mol. The van der Waals surface area contributed by atoms with Gasteiger partial charge in [0.25, 0.3) is 7.82 Å². The van der Waals surface area contributed by atoms with E-state index >= 15 is 0 Å². The van der Waals surface area contributed by atoms with Crippen LogP contribution in [0.15, 0.2) is 109 Å². The van der Waals surface area contributed by atoms with Gasteiger partial charge < -0.3 is 33.0 Å². The number of hydrogen-bond acceptors (Lipinski definition) is 9. The second-order valence-corrected chi connectivity index (χ2v) is 18.3. The van der Waals surface area contributed by atoms with Crippen LogP contribution >= 0.6 is 7.82 Å². The molecule has 0 fully saturated rings. The number of nitrogens with zero attached hydrogens (tertiary/aromatic N) is 1. The number of unbranched alkanes of at least 4 members (excludes halogenated alkanes) is 10. The number of ether oxygens (including phenoxy) is 2. The van der Waals surface area contributed by atoms with Gasteiger partial charge in [-0.3, -0.25) is 14.2 Å². The molecule has 0 aliphatic heterocycles. The highest BCUT2D eigenvalue weighted by Gasteiger charge is 2.21. The molecule has 0 bridgehead atoms. The summed E-state index contributed by atoms with van der Waals surface area (Å²) < 4.78 is 33.8. The molecule has 0 heterocycles. The number of esters is 2. The Kier molecular flexibility index (Phi) is 41.2. The van der Waals surface area contributed by atoms with Crippen LogP contribution in [0, 0.1) is 0 Å². The van der Waals surface area contributed by atoms with Gasteiger partial charge in [0, 0.05) is 12.8 Å². The lowest BCUT2D eigenvalue weighted by Gasteiger charge is -2.28. The molecule has 64 heavy (non-hydrogen) atoms. The average molecular weight is 914 g/mol. The number of aliphatic hydroxyl groups excluding tert-OH is 1. The van der Waals surface area contributed by atoms with E-state index < -0.39 is 38.6 Å². The molecule has 2 unspecified atom stereocenters. The molecule has 0 saturated heterocycles. The molecule has 0 aromatic carbocycles. The number of rotatable bonds is 42. The third-order valence-electron chi connectivity index (χ3n) is 9.62. The van der Waals surface area contributed by atoms with Crippen molar-refractivity contribution in [2.24, 2.45) is 0 Å². The van der Waals surface area contributed by atoms with Crippen LogP contribution in [0.1, 0.15) is 155 Å². The maximum atomic E-state index is 12.7. The van der Waals surface area contributed by atoms with Crippen LogP contribution in [-0.4, -0.2) is 81.2 Å². The summed E-state index contributed by atoms with van der Waals surface area (Å²) in [7, 11) is 1.03. The fourth-order valence-electron chi connectivity index (χ4n) is 5.83. The Morgan fingerprint density at radius 2 is 1.12 bits per heavy atom. The molecule has 11 heteroatoms. The van der Waals surface area contributed by atoms with E-state index in [0.29, 0.717) is 30.3 Å². The maximum absolute atomic E-state index is 12.7. The molecule has 1 N–H and O–H groups in total. The highest BCUT2D eigenvalue weighted by Crippen LogP contribution is 2.38. The number of allylic oxidation sites excluding steroid dienone is 16. The van der Waals surface area contributed by atoms with Crippen molar-refractivity contribution in [1.82, 2.24) is 0 Å². The first kappa shape index (κ1) is 60.6. The lowest BCUT2D eigenvalue weighted by atomic mass is 10.1. The van der Waals surface area contributed by atoms with Crippen LogP contribution in [0.4, 0.5) is 0 Å². The molecule has 0 aliphatic rings. The summed E-state index contributed by atoms with van der Waals surface area (Å²) in [6, 6.07) is 0. The summed E-state index contributed by atoms with van der Waals surface area (Å²) in [5, 5.41) is 10.3. The zero-order valence-electron chi connectivity index (χ0n) is 40.5. The van der Waals surface area contributed by atoms with E-state index in [1.807, 2.05) is 39.4 Å². The summed E-state index contributed by atoms with van der Waals surface area (Å²) >= 11 is 0. The number of carbonyl (C=O) groups is 2. The first-order valence-corrected chi connectivity index (χ1v) is 25.7. The van der Waals surface area contributed by atoms with Crippen molar-refractivity contribution in [3.8, 4) is 0 Å². The van der Waals surface area contributed by atoms with Crippen LogP contribution in [0.2, 0.25) is 0 Å². The van der Waals surface area contributed by atoms with Gasteiger partial charge in [0.2, 0.25) is 0 Å². The molecule has 0 aromatic rings. The minimum absolute atomic E-state index is 0.00884. The maximum Gasteiger partial charge on any atom is 0.306 e. The fourth-order valence-corrected chi connectivity index (χ4v) is 6.56. The Morgan fingerprint density at radius 1 is 0.594 bits per heavy atom. The van der Waals surface area contributed by atoms with Crippen molar-refractivity contribution in [2.75, 3.05) is 47.5 Å². The number of aliphatic hydroxyl groups is 1. The van der Waals surface area contributed by atoms with Crippen LogP contribution in [0.5, 0.6) is 0 Å². The third kappa shape index (κ3) is 46.6. The standard InChI is InChI=1S/C53H88NO9P/c1-6-8-10-12-14-16-18-20-21-22-23-24-25-26-28-30-32-34-36-40-44-52(56)60-48-51(49-62-64(58,59)61-47-46-54(3,4)5)63-53(57)45-41-37-39-43-50(55)42-38-35-33-31-29-27-19-17-15-13-11-9-7-2/h9,11,15-18,21-22,24-25,27,29,33,35,37-39,42,50-51,55H,6-8,10,12-14,19-20,23,26,28,30-32,34,36,40-41,43-49H2,1-5H3/b11-9-,17-15-,18-16-,22-21-,25-24-,29-27-,35-33-,39-37-,42-38-/t50?,51-/m1/s1. The number of quaternary nitrogens is 1. The van der Waals surface area contributed by atoms with Gasteiger partial charge in [0.1, 0.15) is 19.8 Å². The van der Waals surface area contributed by atoms with Crippen molar-refractivity contribution in [3.63, 3.8) is 0 Å². The Morgan fingerprint density at radius 3 is 1.72 bits per heavy atom. The molecular weight excluding hydrogens is 826 g/mol. The molecule has 0 radical (unpaired) electrons. The topological polar surface area (TPSA) is 131 Å². The van der Waals surface area contributed by atoms with Crippen LogP contribution in [0.25, 0.3) is 0 Å². The highest BCUT2D eigenvalue weighted by atomic mass is 31.2. The number of carbonyl (C=O) groups excluding carboxylic acids is 2. The smallest absolute Gasteiger partial charge is 0.306 e. The van der Waals surface area contributed by atoms with Gasteiger partial charge in [-0.15, -0.1) is 0 Å². The van der Waals surface area contributed by atoms with Gasteiger partial charge >= 0.3 is 11.9 Å². The Balaban J connectivity index is 4.55. The number of phosphoric ester groups is 1. The molecule has 0 amide bonds. The number of likely N-dealkylation sites (N-methyl/N-ethyl adjacent to an activating group) is 1. The Labute approximate surface area is 389 Å². The lowest BCUT2D eigenvalue weighted by molar-refractivity contribution is -0.870. The number of hydrogen-bond donors (Lipinski definition) is 1. The van der Waals surface area contributed by atoms with Gasteiger partial charge in [0.15, 0.2) is 6.10 Å². The van der Waals surface area contributed by atoms with Crippen LogP contribution in [0.3, 0.4) is 0 Å². The van der Waals surface area contributed by atoms with E-state index in [9.17, 15) is 24.2 Å². The molecular formula is C53H88NO9P. The fraction of sp³-hybridized carbons (Fsp3) is 0.623. The van der Waals surface area contributed by atoms with Crippen molar-refractivity contribution >= 4 is 19.8 Å². The van der Waals surface area contributed by atoms with E-state index in [-0.39, 0.29) is 26.1 Å². The minimum Gasteiger partial charge on any atom is -0.756 e. The van der Waals surface area contributed by atoms with E-state index in [1.54, 1.807) is 18.2 Å². The molecule has 0 aromatic heterocycles. The van der Waals surface area contributed by atoms with Gasteiger partial charge in [-0.05, 0) is 83.5 Å². The normalized spacial score (nSPS) is 14.9. The van der Waals surface area contributed by atoms with Gasteiger partial charge in [-0.2, -0.15) is 0 Å². The summed E-state index contributed by atoms with van der Waals surface area (Å²) in [5.74, 6) is -1.04. The van der Waals surface area contributed by atoms with Crippen molar-refractivity contribution < 1.29 is 47.2 Å². The van der Waals surface area contributed by atoms with E-state index in [2.05, 4.69) is 86.8 Å². The predicted octanol–water partition coefficient (Wildman–Crippen LogP) is 12.6. The summed E-state index contributed by atoms with van der Waals surface area (Å²) in [6.45, 7) is 3.85. The molecule has 0 spiro atoms. The van der Waals surface area contributed by atoms with Crippen LogP contribution in [-0.2, 0) is 32.7 Å². The molecule has 0 rings (SSSR count). The largest absolute Gasteiger partial charge is 0.756 e. The van der Waals surface area contributed by atoms with Gasteiger partial charge in [-0.25, -0.2) is 0 Å². The first-order chi connectivity index (χ1) is 30.9. The SMILES string of the molecule is CC/C=C\C/C=C\C/C=C\C/C=C\C=C/C(O)C/C=C\CCC(=O)O[C@H](COC(=O)CCCCCCCC/C=C\C/C=C\C/C=C\CCCCCC)COP(=O)([O-])OCC[N+](C)(C)C. The highest BCUT2D eigenvalue weighted by molar-refractivity contribution is 7.45. The first-order valence-electron chi connectivity index (χ1n) is 24.2. The van der Waals surface area contributed by atoms with E-state index in [1.165, 1.54) is 32.1 Å². The second kappa shape index (κ2) is 43.5. The quantitative estimate of drug-likeness (QED) is 0.0159. The van der Waals surface area contributed by atoms with Crippen molar-refractivity contribution in [2.45, 2.75) is 167 Å². The molecule has 3 atom stereocenters. The summed E-state index contributed by atoms with van der Waals surface area (Å²) in [5.41, 5.74) is 0. The Bertz CT molecular complexity index is 1470.